The molecule has 270 valence electrons. The van der Waals surface area contributed by atoms with Gasteiger partial charge in [-0.1, -0.05) is 133 Å². The van der Waals surface area contributed by atoms with Crippen LogP contribution in [0.15, 0.2) is 203 Å². The first kappa shape index (κ1) is 33.0. The Morgan fingerprint density at radius 3 is 1.39 bits per heavy atom. The zero-order valence-corrected chi connectivity index (χ0v) is 31.2. The minimum atomic E-state index is 0.900. The quantitative estimate of drug-likeness (QED) is 0.163. The lowest BCUT2D eigenvalue weighted by molar-refractivity contribution is 0.595. The molecule has 11 rings (SSSR count). The maximum absolute atomic E-state index is 6.27. The second kappa shape index (κ2) is 13.7. The average Bonchev–Trinajstić information content (AvgIpc) is 3.85. The van der Waals surface area contributed by atoms with E-state index >= 15 is 0 Å². The fourth-order valence-electron chi connectivity index (χ4n) is 8.41. The SMILES string of the molecule is C1=Cc2oc3cc(-c4ccc(N(c5ccc(-c6ccc(-c7ccccc7)cc6)cc5)c5ccc(-c6ccc7c(c6)oc6ccccc67)cc5)cc4)ccc3c2CC1. The van der Waals surface area contributed by atoms with Crippen LogP contribution in [0.25, 0.3) is 83.5 Å². The standard InChI is InChI=1S/C54H37NO2/c1-2-8-36(9-3-1)37-14-16-38(17-15-37)39-18-26-44(27-19-39)55(45-28-20-40(21-29-45)42-24-32-49-47-10-4-6-12-51(47)56-53(49)34-42)46-30-22-41(23-31-46)43-25-33-50-48-11-5-7-13-52(48)57-54(50)35-43/h1-4,6-10,12-35H,5,11H2. The van der Waals surface area contributed by atoms with Crippen molar-refractivity contribution in [2.24, 2.45) is 0 Å². The normalized spacial score (nSPS) is 12.4. The van der Waals surface area contributed by atoms with E-state index in [2.05, 4.69) is 193 Å². The van der Waals surface area contributed by atoms with Gasteiger partial charge >= 0.3 is 0 Å². The summed E-state index contributed by atoms with van der Waals surface area (Å²) >= 11 is 0. The Bertz CT molecular complexity index is 3080. The van der Waals surface area contributed by atoms with E-state index in [-0.39, 0.29) is 0 Å². The van der Waals surface area contributed by atoms with Crippen LogP contribution >= 0.6 is 0 Å². The van der Waals surface area contributed by atoms with Gasteiger partial charge in [-0.3, -0.25) is 0 Å². The van der Waals surface area contributed by atoms with Crippen LogP contribution < -0.4 is 4.90 Å². The third-order valence-corrected chi connectivity index (χ3v) is 11.4. The zero-order chi connectivity index (χ0) is 37.7. The molecule has 0 bridgehead atoms. The fraction of sp³-hybridized carbons (Fsp3) is 0.0370. The van der Waals surface area contributed by atoms with E-state index in [9.17, 15) is 0 Å². The number of aryl methyl sites for hydroxylation is 1. The van der Waals surface area contributed by atoms with Crippen molar-refractivity contribution in [3.8, 4) is 44.5 Å². The number of nitrogens with zero attached hydrogens (tertiary/aromatic N) is 1. The summed E-state index contributed by atoms with van der Waals surface area (Å²) in [5.74, 6) is 0.996. The number of furan rings is 2. The summed E-state index contributed by atoms with van der Waals surface area (Å²) in [5.41, 5.74) is 16.7. The number of rotatable bonds is 7. The van der Waals surface area contributed by atoms with Gasteiger partial charge in [0.05, 0.1) is 0 Å². The molecule has 0 N–H and O–H groups in total. The molecule has 0 atom stereocenters. The van der Waals surface area contributed by atoms with E-state index in [1.165, 1.54) is 33.2 Å². The van der Waals surface area contributed by atoms with Crippen molar-refractivity contribution < 1.29 is 8.83 Å². The Morgan fingerprint density at radius 1 is 0.351 bits per heavy atom. The van der Waals surface area contributed by atoms with Crippen LogP contribution in [0.3, 0.4) is 0 Å². The van der Waals surface area contributed by atoms with Crippen LogP contribution in [-0.2, 0) is 6.42 Å². The molecule has 1 aliphatic rings. The third kappa shape index (κ3) is 6.01. The Labute approximate surface area is 331 Å². The molecule has 2 aromatic heterocycles. The number of hydrogen-bond donors (Lipinski definition) is 0. The first-order valence-corrected chi connectivity index (χ1v) is 19.6. The van der Waals surface area contributed by atoms with Gasteiger partial charge in [0.15, 0.2) is 0 Å². The molecule has 57 heavy (non-hydrogen) atoms. The number of allylic oxidation sites excluding steroid dienone is 1. The lowest BCUT2D eigenvalue weighted by Crippen LogP contribution is -2.09. The van der Waals surface area contributed by atoms with E-state index in [0.717, 1.165) is 85.4 Å². The number of benzene rings is 8. The van der Waals surface area contributed by atoms with Crippen LogP contribution in [0.2, 0.25) is 0 Å². The van der Waals surface area contributed by atoms with Gasteiger partial charge in [0.25, 0.3) is 0 Å². The van der Waals surface area contributed by atoms with Crippen LogP contribution in [0.1, 0.15) is 17.7 Å². The van der Waals surface area contributed by atoms with E-state index in [1.807, 2.05) is 12.1 Å². The summed E-state index contributed by atoms with van der Waals surface area (Å²) in [6.45, 7) is 0. The molecule has 0 unspecified atom stereocenters. The molecule has 0 saturated heterocycles. The van der Waals surface area contributed by atoms with Crippen molar-refractivity contribution in [2.75, 3.05) is 4.90 Å². The monoisotopic (exact) mass is 731 g/mol. The highest BCUT2D eigenvalue weighted by molar-refractivity contribution is 6.06. The Kier molecular flexibility index (Phi) is 7.96. The maximum atomic E-state index is 6.27. The molecule has 0 spiro atoms. The molecule has 1 aliphatic carbocycles. The third-order valence-electron chi connectivity index (χ3n) is 11.4. The van der Waals surface area contributed by atoms with Crippen molar-refractivity contribution in [2.45, 2.75) is 12.8 Å². The van der Waals surface area contributed by atoms with Gasteiger partial charge in [-0.25, -0.2) is 0 Å². The van der Waals surface area contributed by atoms with Crippen molar-refractivity contribution in [3.05, 3.63) is 205 Å². The first-order chi connectivity index (χ1) is 28.2. The van der Waals surface area contributed by atoms with Crippen LogP contribution in [0, 0.1) is 0 Å². The van der Waals surface area contributed by atoms with Gasteiger partial charge < -0.3 is 13.7 Å². The second-order valence-corrected chi connectivity index (χ2v) is 14.8. The maximum Gasteiger partial charge on any atom is 0.136 e. The molecule has 0 radical (unpaired) electrons. The average molecular weight is 732 g/mol. The predicted molar refractivity (Wildman–Crippen MR) is 237 cm³/mol. The second-order valence-electron chi connectivity index (χ2n) is 14.8. The molecule has 3 nitrogen and oxygen atoms in total. The molecule has 2 heterocycles. The number of hydrogen-bond acceptors (Lipinski definition) is 3. The smallest absolute Gasteiger partial charge is 0.136 e. The Balaban J connectivity index is 0.934. The van der Waals surface area contributed by atoms with Crippen molar-refractivity contribution in [1.29, 1.82) is 0 Å². The molecular weight excluding hydrogens is 695 g/mol. The molecule has 0 fully saturated rings. The van der Waals surface area contributed by atoms with Crippen LogP contribution in [0.5, 0.6) is 0 Å². The number of anilines is 3. The van der Waals surface area contributed by atoms with Crippen molar-refractivity contribution in [1.82, 2.24) is 0 Å². The largest absolute Gasteiger partial charge is 0.456 e. The van der Waals surface area contributed by atoms with Crippen LogP contribution in [-0.4, -0.2) is 0 Å². The molecule has 3 heteroatoms. The molecule has 8 aromatic carbocycles. The van der Waals surface area contributed by atoms with Gasteiger partial charge in [-0.05, 0) is 124 Å². The fourth-order valence-corrected chi connectivity index (χ4v) is 8.41. The lowest BCUT2D eigenvalue weighted by Gasteiger charge is -2.26. The van der Waals surface area contributed by atoms with E-state index in [4.69, 9.17) is 8.83 Å². The highest BCUT2D eigenvalue weighted by atomic mass is 16.3. The Hall–Kier alpha value is -7.36. The van der Waals surface area contributed by atoms with Crippen molar-refractivity contribution in [3.63, 3.8) is 0 Å². The summed E-state index contributed by atoms with van der Waals surface area (Å²) in [6.07, 6.45) is 6.40. The highest BCUT2D eigenvalue weighted by Gasteiger charge is 2.17. The van der Waals surface area contributed by atoms with E-state index < -0.39 is 0 Å². The molecular formula is C54H37NO2. The Morgan fingerprint density at radius 2 is 0.789 bits per heavy atom. The minimum Gasteiger partial charge on any atom is -0.456 e. The number of fused-ring (bicyclic) bond motifs is 6. The van der Waals surface area contributed by atoms with Gasteiger partial charge in [0.2, 0.25) is 0 Å². The van der Waals surface area contributed by atoms with Gasteiger partial charge in [0.1, 0.15) is 22.5 Å². The molecule has 0 amide bonds. The zero-order valence-electron chi connectivity index (χ0n) is 31.2. The number of para-hydroxylation sites is 1. The van der Waals surface area contributed by atoms with Gasteiger partial charge in [-0.15, -0.1) is 0 Å². The summed E-state index contributed by atoms with van der Waals surface area (Å²) in [4.78, 5) is 2.33. The molecule has 10 aromatic rings. The summed E-state index contributed by atoms with van der Waals surface area (Å²) < 4.78 is 12.5. The molecule has 0 saturated carbocycles. The van der Waals surface area contributed by atoms with Gasteiger partial charge in [0, 0.05) is 38.8 Å². The van der Waals surface area contributed by atoms with Crippen molar-refractivity contribution >= 4 is 56.0 Å². The minimum absolute atomic E-state index is 0.900. The van der Waals surface area contributed by atoms with E-state index in [1.54, 1.807) is 0 Å². The van der Waals surface area contributed by atoms with E-state index in [0.29, 0.717) is 0 Å². The topological polar surface area (TPSA) is 29.5 Å². The predicted octanol–water partition coefficient (Wildman–Crippen LogP) is 15.4. The summed E-state index contributed by atoms with van der Waals surface area (Å²) in [6, 6.07) is 67.3. The lowest BCUT2D eigenvalue weighted by atomic mass is 9.98. The highest BCUT2D eigenvalue weighted by Crippen LogP contribution is 2.40. The van der Waals surface area contributed by atoms with Crippen LogP contribution in [0.4, 0.5) is 17.1 Å². The van der Waals surface area contributed by atoms with Gasteiger partial charge in [-0.2, -0.15) is 0 Å². The summed E-state index contributed by atoms with van der Waals surface area (Å²) in [7, 11) is 0. The molecule has 0 aliphatic heterocycles. The summed E-state index contributed by atoms with van der Waals surface area (Å²) in [5, 5.41) is 3.50. The first-order valence-electron chi connectivity index (χ1n) is 19.6.